The average molecular weight is 378 g/mol. The number of nitrogens with one attached hydrogen (secondary N) is 1. The van der Waals surface area contributed by atoms with Crippen molar-refractivity contribution in [1.82, 2.24) is 29.8 Å². The molecule has 4 heterocycles. The average Bonchev–Trinajstić information content (AvgIpc) is 3.23. The van der Waals surface area contributed by atoms with Gasteiger partial charge in [0.15, 0.2) is 0 Å². The lowest BCUT2D eigenvalue weighted by atomic mass is 10.1. The molecule has 0 aromatic carbocycles. The standard InChI is InChI=1S/C19H18N6O3/c1-28-18-13(3-2-5-22-18)14-9-16(26)24-17(23-14)12-4-8-25(11-12)19(27)15-10-20-6-7-21-15/h2-3,5-7,9-10,12H,4,8,11H2,1H3,(H,23,24,26)/t12-/m0/s1. The van der Waals surface area contributed by atoms with E-state index in [0.717, 1.165) is 0 Å². The highest BCUT2D eigenvalue weighted by molar-refractivity contribution is 5.92. The summed E-state index contributed by atoms with van der Waals surface area (Å²) < 4.78 is 5.27. The summed E-state index contributed by atoms with van der Waals surface area (Å²) in [7, 11) is 1.52. The summed E-state index contributed by atoms with van der Waals surface area (Å²) in [5, 5.41) is 0. The molecule has 0 bridgehead atoms. The molecule has 1 fully saturated rings. The minimum Gasteiger partial charge on any atom is -0.481 e. The van der Waals surface area contributed by atoms with Crippen molar-refractivity contribution < 1.29 is 9.53 Å². The van der Waals surface area contributed by atoms with Crippen molar-refractivity contribution in [2.24, 2.45) is 0 Å². The van der Waals surface area contributed by atoms with E-state index in [1.54, 1.807) is 23.2 Å². The fourth-order valence-electron chi connectivity index (χ4n) is 3.30. The van der Waals surface area contributed by atoms with E-state index in [4.69, 9.17) is 4.74 Å². The molecule has 142 valence electrons. The largest absolute Gasteiger partial charge is 0.481 e. The molecule has 9 heteroatoms. The van der Waals surface area contributed by atoms with E-state index in [-0.39, 0.29) is 17.4 Å². The molecule has 3 aromatic heterocycles. The molecular weight excluding hydrogens is 360 g/mol. The smallest absolute Gasteiger partial charge is 0.274 e. The van der Waals surface area contributed by atoms with Crippen LogP contribution in [0.4, 0.5) is 0 Å². The Labute approximate surface area is 160 Å². The van der Waals surface area contributed by atoms with Crippen LogP contribution in [0.5, 0.6) is 5.88 Å². The molecular formula is C19H18N6O3. The van der Waals surface area contributed by atoms with Crippen LogP contribution in [-0.2, 0) is 0 Å². The van der Waals surface area contributed by atoms with Gasteiger partial charge in [0.1, 0.15) is 11.5 Å². The lowest BCUT2D eigenvalue weighted by molar-refractivity contribution is 0.0784. The van der Waals surface area contributed by atoms with Gasteiger partial charge in [0.25, 0.3) is 11.5 Å². The van der Waals surface area contributed by atoms with Crippen LogP contribution in [0.15, 0.2) is 47.8 Å². The van der Waals surface area contributed by atoms with E-state index in [1.807, 2.05) is 0 Å². The number of pyridine rings is 1. The second-order valence-corrected chi connectivity index (χ2v) is 6.40. The van der Waals surface area contributed by atoms with E-state index in [0.29, 0.717) is 48.2 Å². The van der Waals surface area contributed by atoms with Crippen molar-refractivity contribution in [2.45, 2.75) is 12.3 Å². The quantitative estimate of drug-likeness (QED) is 0.727. The van der Waals surface area contributed by atoms with Crippen molar-refractivity contribution >= 4 is 5.91 Å². The summed E-state index contributed by atoms with van der Waals surface area (Å²) in [6, 6.07) is 4.98. The fraction of sp³-hybridized carbons (Fsp3) is 0.263. The van der Waals surface area contributed by atoms with Gasteiger partial charge < -0.3 is 14.6 Å². The van der Waals surface area contributed by atoms with Crippen LogP contribution < -0.4 is 10.3 Å². The van der Waals surface area contributed by atoms with E-state index in [1.165, 1.54) is 31.8 Å². The molecule has 0 saturated carbocycles. The van der Waals surface area contributed by atoms with Crippen molar-refractivity contribution in [1.29, 1.82) is 0 Å². The molecule has 4 rings (SSSR count). The predicted octanol–water partition coefficient (Wildman–Crippen LogP) is 1.26. The highest BCUT2D eigenvalue weighted by atomic mass is 16.5. The number of aromatic nitrogens is 5. The van der Waals surface area contributed by atoms with Crippen LogP contribution in [0.1, 0.15) is 28.7 Å². The molecule has 9 nitrogen and oxygen atoms in total. The predicted molar refractivity (Wildman–Crippen MR) is 99.9 cm³/mol. The maximum absolute atomic E-state index is 12.6. The number of methoxy groups -OCH3 is 1. The molecule has 1 saturated heterocycles. The zero-order valence-corrected chi connectivity index (χ0v) is 15.2. The van der Waals surface area contributed by atoms with Gasteiger partial charge in [-0.25, -0.2) is 15.0 Å². The fourth-order valence-corrected chi connectivity index (χ4v) is 3.30. The van der Waals surface area contributed by atoms with E-state index < -0.39 is 0 Å². The first-order valence-corrected chi connectivity index (χ1v) is 8.81. The van der Waals surface area contributed by atoms with E-state index in [2.05, 4.69) is 24.9 Å². The Morgan fingerprint density at radius 1 is 1.29 bits per heavy atom. The van der Waals surface area contributed by atoms with Gasteiger partial charge >= 0.3 is 0 Å². The lowest BCUT2D eigenvalue weighted by Gasteiger charge is -2.16. The monoisotopic (exact) mass is 378 g/mol. The molecule has 1 N–H and O–H groups in total. The number of hydrogen-bond acceptors (Lipinski definition) is 7. The van der Waals surface area contributed by atoms with Crippen LogP contribution in [0.3, 0.4) is 0 Å². The second kappa shape index (κ2) is 7.55. The molecule has 28 heavy (non-hydrogen) atoms. The third-order valence-electron chi connectivity index (χ3n) is 4.64. The zero-order valence-electron chi connectivity index (χ0n) is 15.2. The maximum Gasteiger partial charge on any atom is 0.274 e. The molecule has 0 radical (unpaired) electrons. The number of carbonyl (C=O) groups excluding carboxylic acids is 1. The van der Waals surface area contributed by atoms with Crippen LogP contribution in [0, 0.1) is 0 Å². The van der Waals surface area contributed by atoms with Gasteiger partial charge in [0, 0.05) is 43.7 Å². The number of aromatic amines is 1. The Morgan fingerprint density at radius 3 is 2.96 bits per heavy atom. The van der Waals surface area contributed by atoms with Crippen molar-refractivity contribution in [3.05, 3.63) is 64.9 Å². The maximum atomic E-state index is 12.6. The molecule has 0 aliphatic carbocycles. The molecule has 1 atom stereocenters. The lowest BCUT2D eigenvalue weighted by Crippen LogP contribution is -2.29. The van der Waals surface area contributed by atoms with Crippen LogP contribution in [0.25, 0.3) is 11.3 Å². The van der Waals surface area contributed by atoms with Crippen molar-refractivity contribution in [2.75, 3.05) is 20.2 Å². The van der Waals surface area contributed by atoms with Gasteiger partial charge in [-0.2, -0.15) is 0 Å². The van der Waals surface area contributed by atoms with Gasteiger partial charge in [-0.05, 0) is 18.6 Å². The highest BCUT2D eigenvalue weighted by Gasteiger charge is 2.30. The Balaban J connectivity index is 1.60. The SMILES string of the molecule is COc1ncccc1-c1cc(=O)[nH]c([C@H]2CCN(C(=O)c3cnccn3)C2)n1. The summed E-state index contributed by atoms with van der Waals surface area (Å²) in [4.78, 5) is 46.1. The number of ether oxygens (including phenoxy) is 1. The van der Waals surface area contributed by atoms with Gasteiger partial charge in [-0.3, -0.25) is 14.6 Å². The topological polar surface area (TPSA) is 114 Å². The number of likely N-dealkylation sites (tertiary alicyclic amines) is 1. The molecule has 3 aromatic rings. The third kappa shape index (κ3) is 3.46. The van der Waals surface area contributed by atoms with Gasteiger partial charge in [-0.1, -0.05) is 0 Å². The Morgan fingerprint density at radius 2 is 2.18 bits per heavy atom. The number of rotatable bonds is 4. The van der Waals surface area contributed by atoms with Gasteiger partial charge in [-0.15, -0.1) is 0 Å². The van der Waals surface area contributed by atoms with Crippen LogP contribution in [-0.4, -0.2) is 55.9 Å². The summed E-state index contributed by atoms with van der Waals surface area (Å²) in [5.74, 6) is 0.694. The number of hydrogen-bond donors (Lipinski definition) is 1. The molecule has 1 aliphatic rings. The Hall–Kier alpha value is -3.62. The first-order valence-electron chi connectivity index (χ1n) is 8.81. The second-order valence-electron chi connectivity index (χ2n) is 6.40. The van der Waals surface area contributed by atoms with Gasteiger partial charge in [0.2, 0.25) is 5.88 Å². The van der Waals surface area contributed by atoms with Gasteiger partial charge in [0.05, 0.1) is 24.6 Å². The zero-order chi connectivity index (χ0) is 19.5. The first kappa shape index (κ1) is 17.8. The summed E-state index contributed by atoms with van der Waals surface area (Å²) in [6.07, 6.45) is 6.78. The summed E-state index contributed by atoms with van der Waals surface area (Å²) >= 11 is 0. The number of nitrogens with zero attached hydrogens (tertiary/aromatic N) is 5. The normalized spacial score (nSPS) is 16.2. The van der Waals surface area contributed by atoms with Crippen LogP contribution in [0.2, 0.25) is 0 Å². The number of H-pyrrole nitrogens is 1. The third-order valence-corrected chi connectivity index (χ3v) is 4.64. The van der Waals surface area contributed by atoms with Crippen molar-refractivity contribution in [3.8, 4) is 17.1 Å². The summed E-state index contributed by atoms with van der Waals surface area (Å²) in [5.41, 5.74) is 1.17. The number of carbonyl (C=O) groups is 1. The minimum atomic E-state index is -0.260. The summed E-state index contributed by atoms with van der Waals surface area (Å²) in [6.45, 7) is 1.01. The van der Waals surface area contributed by atoms with E-state index in [9.17, 15) is 9.59 Å². The Bertz CT molecular complexity index is 1050. The van der Waals surface area contributed by atoms with Crippen molar-refractivity contribution in [3.63, 3.8) is 0 Å². The van der Waals surface area contributed by atoms with E-state index >= 15 is 0 Å². The highest BCUT2D eigenvalue weighted by Crippen LogP contribution is 2.29. The molecule has 1 amide bonds. The number of amides is 1. The first-order chi connectivity index (χ1) is 13.7. The molecule has 1 aliphatic heterocycles. The molecule has 0 unspecified atom stereocenters. The molecule has 0 spiro atoms. The Kier molecular flexibility index (Phi) is 4.79. The van der Waals surface area contributed by atoms with Crippen LogP contribution >= 0.6 is 0 Å². The minimum absolute atomic E-state index is 0.0732.